The molecule has 1 atom stereocenters. The van der Waals surface area contributed by atoms with Crippen molar-refractivity contribution in [1.29, 1.82) is 5.26 Å². The second-order valence-corrected chi connectivity index (χ2v) is 8.30. The van der Waals surface area contributed by atoms with Crippen LogP contribution in [0.2, 0.25) is 0 Å². The van der Waals surface area contributed by atoms with Gasteiger partial charge < -0.3 is 10.0 Å². The summed E-state index contributed by atoms with van der Waals surface area (Å²) in [6.07, 6.45) is 2.19. The molecule has 138 valence electrons. The fraction of sp³-hybridized carbons (Fsp3) is 0.474. The Hall–Kier alpha value is -2.17. The van der Waals surface area contributed by atoms with E-state index in [1.807, 2.05) is 30.1 Å². The molecule has 0 radical (unpaired) electrons. The second-order valence-electron chi connectivity index (χ2n) is 7.31. The molecule has 1 aromatic rings. The second kappa shape index (κ2) is 8.47. The van der Waals surface area contributed by atoms with Crippen LogP contribution in [0.4, 0.5) is 0 Å². The zero-order valence-corrected chi connectivity index (χ0v) is 16.4. The number of aromatic nitrogens is 1. The third-order valence-electron chi connectivity index (χ3n) is 4.07. The lowest BCUT2D eigenvalue weighted by Gasteiger charge is -2.31. The molecule has 7 heteroatoms. The Bertz CT molecular complexity index is 757. The smallest absolute Gasteiger partial charge is 0.164 e. The Balaban J connectivity index is 2.44. The molecule has 0 aromatic carbocycles. The molecule has 2 rings (SSSR count). The maximum Gasteiger partial charge on any atom is 0.164 e. The van der Waals surface area contributed by atoms with Gasteiger partial charge >= 0.3 is 0 Å². The zero-order valence-electron chi connectivity index (χ0n) is 15.6. The van der Waals surface area contributed by atoms with Crippen molar-refractivity contribution in [2.24, 2.45) is 10.9 Å². The normalized spacial score (nSPS) is 20.5. The number of amidine groups is 1. The number of rotatable bonds is 4. The number of nitrogens with zero attached hydrogens (tertiary/aromatic N) is 4. The Morgan fingerprint density at radius 2 is 2.27 bits per heavy atom. The highest BCUT2D eigenvalue weighted by atomic mass is 32.2. The quantitative estimate of drug-likeness (QED) is 0.496. The Labute approximate surface area is 158 Å². The number of allylic oxidation sites excluding steroid dienone is 1. The predicted molar refractivity (Wildman–Crippen MR) is 105 cm³/mol. The van der Waals surface area contributed by atoms with Gasteiger partial charge in [-0.3, -0.25) is 9.78 Å². The molecular formula is C19H24N4O2S. The van der Waals surface area contributed by atoms with Crippen LogP contribution >= 0.6 is 11.8 Å². The Morgan fingerprint density at radius 1 is 1.54 bits per heavy atom. The molecule has 0 amide bonds. The SMILES string of the molecule is CN1CC(CO)CS/C1=N/C(=C(/C#N)C=O)c1ccc(C(C)(C)C)nc1. The van der Waals surface area contributed by atoms with E-state index in [9.17, 15) is 15.2 Å². The van der Waals surface area contributed by atoms with Crippen LogP contribution in [0.5, 0.6) is 0 Å². The number of nitriles is 1. The maximum atomic E-state index is 11.4. The summed E-state index contributed by atoms with van der Waals surface area (Å²) in [5, 5.41) is 19.4. The molecule has 1 aromatic heterocycles. The number of pyridine rings is 1. The van der Waals surface area contributed by atoms with Crippen LogP contribution in [0.15, 0.2) is 28.9 Å². The molecule has 0 spiro atoms. The van der Waals surface area contributed by atoms with Crippen LogP contribution in [0.3, 0.4) is 0 Å². The summed E-state index contributed by atoms with van der Waals surface area (Å²) in [5.41, 5.74) is 1.77. The first-order chi connectivity index (χ1) is 12.3. The summed E-state index contributed by atoms with van der Waals surface area (Å²) >= 11 is 1.51. The minimum atomic E-state index is -0.0875. The van der Waals surface area contributed by atoms with Crippen LogP contribution in [-0.4, -0.2) is 52.4 Å². The van der Waals surface area contributed by atoms with Gasteiger partial charge in [0.2, 0.25) is 0 Å². The fourth-order valence-corrected chi connectivity index (χ4v) is 3.58. The van der Waals surface area contributed by atoms with E-state index in [0.29, 0.717) is 24.1 Å². The van der Waals surface area contributed by atoms with Gasteiger partial charge in [0.1, 0.15) is 11.6 Å². The van der Waals surface area contributed by atoms with Gasteiger partial charge in [0, 0.05) is 54.7 Å². The number of aliphatic hydroxyl groups excluding tert-OH is 1. The predicted octanol–water partition coefficient (Wildman–Crippen LogP) is 2.46. The molecule has 0 saturated carbocycles. The van der Waals surface area contributed by atoms with Gasteiger partial charge in [-0.05, 0) is 12.1 Å². The van der Waals surface area contributed by atoms with E-state index in [-0.39, 0.29) is 23.5 Å². The minimum absolute atomic E-state index is 0.0268. The number of hydrogen-bond acceptors (Lipinski definition) is 6. The van der Waals surface area contributed by atoms with Crippen molar-refractivity contribution in [3.8, 4) is 6.07 Å². The maximum absolute atomic E-state index is 11.4. The minimum Gasteiger partial charge on any atom is -0.396 e. The largest absolute Gasteiger partial charge is 0.396 e. The molecule has 6 nitrogen and oxygen atoms in total. The van der Waals surface area contributed by atoms with Gasteiger partial charge in [-0.1, -0.05) is 32.5 Å². The number of aliphatic hydroxyl groups is 1. The first-order valence-electron chi connectivity index (χ1n) is 8.40. The molecule has 1 unspecified atom stereocenters. The van der Waals surface area contributed by atoms with Gasteiger partial charge in [-0.2, -0.15) is 5.26 Å². The van der Waals surface area contributed by atoms with Crippen molar-refractivity contribution in [3.63, 3.8) is 0 Å². The molecule has 0 bridgehead atoms. The highest BCUT2D eigenvalue weighted by molar-refractivity contribution is 8.13. The van der Waals surface area contributed by atoms with Crippen LogP contribution < -0.4 is 0 Å². The molecule has 1 saturated heterocycles. The van der Waals surface area contributed by atoms with Gasteiger partial charge in [-0.15, -0.1) is 0 Å². The monoisotopic (exact) mass is 372 g/mol. The van der Waals surface area contributed by atoms with E-state index < -0.39 is 0 Å². The van der Waals surface area contributed by atoms with Gasteiger partial charge in [0.25, 0.3) is 0 Å². The molecular weight excluding hydrogens is 348 g/mol. The van der Waals surface area contributed by atoms with Crippen LogP contribution in [-0.2, 0) is 10.2 Å². The molecule has 1 N–H and O–H groups in total. The molecule has 2 heterocycles. The summed E-state index contributed by atoms with van der Waals surface area (Å²) in [4.78, 5) is 22.4. The number of carbonyl (C=O) groups is 1. The van der Waals surface area contributed by atoms with Crippen molar-refractivity contribution >= 4 is 28.9 Å². The lowest BCUT2D eigenvalue weighted by Crippen LogP contribution is -2.37. The summed E-state index contributed by atoms with van der Waals surface area (Å²) in [5.74, 6) is 0.933. The van der Waals surface area contributed by atoms with E-state index in [2.05, 4.69) is 30.7 Å². The highest BCUT2D eigenvalue weighted by Gasteiger charge is 2.23. The Morgan fingerprint density at radius 3 is 2.73 bits per heavy atom. The third kappa shape index (κ3) is 4.71. The average Bonchev–Trinajstić information content (AvgIpc) is 2.62. The number of aliphatic imine (C=N–C) groups is 1. The number of aldehydes is 1. The lowest BCUT2D eigenvalue weighted by atomic mass is 9.91. The van der Waals surface area contributed by atoms with E-state index in [0.717, 1.165) is 16.6 Å². The van der Waals surface area contributed by atoms with E-state index in [1.54, 1.807) is 6.20 Å². The summed E-state index contributed by atoms with van der Waals surface area (Å²) in [7, 11) is 1.89. The van der Waals surface area contributed by atoms with Crippen molar-refractivity contribution < 1.29 is 9.90 Å². The van der Waals surface area contributed by atoms with E-state index in [1.165, 1.54) is 11.8 Å². The van der Waals surface area contributed by atoms with Crippen LogP contribution in [0.25, 0.3) is 5.70 Å². The summed E-state index contributed by atoms with van der Waals surface area (Å²) in [6, 6.07) is 5.67. The third-order valence-corrected chi connectivity index (χ3v) is 5.37. The highest BCUT2D eigenvalue weighted by Crippen LogP contribution is 2.27. The first-order valence-corrected chi connectivity index (χ1v) is 9.38. The first kappa shape index (κ1) is 20.1. The van der Waals surface area contributed by atoms with E-state index in [4.69, 9.17) is 0 Å². The topological polar surface area (TPSA) is 89.6 Å². The molecule has 0 aliphatic carbocycles. The lowest BCUT2D eigenvalue weighted by molar-refractivity contribution is -0.104. The van der Waals surface area contributed by atoms with Gasteiger partial charge in [0.05, 0.1) is 5.70 Å². The van der Waals surface area contributed by atoms with Crippen molar-refractivity contribution in [1.82, 2.24) is 9.88 Å². The molecule has 1 fully saturated rings. The van der Waals surface area contributed by atoms with Gasteiger partial charge in [0.15, 0.2) is 11.5 Å². The molecule has 1 aliphatic rings. The number of carbonyl (C=O) groups excluding carboxylic acids is 1. The number of thioether (sulfide) groups is 1. The number of hydrogen-bond donors (Lipinski definition) is 1. The van der Waals surface area contributed by atoms with Gasteiger partial charge in [-0.25, -0.2) is 4.99 Å². The fourth-order valence-electron chi connectivity index (χ4n) is 2.54. The van der Waals surface area contributed by atoms with Crippen molar-refractivity contribution in [2.75, 3.05) is 26.0 Å². The molecule has 26 heavy (non-hydrogen) atoms. The standard InChI is InChI=1S/C19H24N4O2S/c1-19(2,3)16-6-5-14(8-21-16)17(15(7-20)11-25)22-18-23(4)9-13(10-24)12-26-18/h5-6,8,11,13,24H,9-10,12H2,1-4H3/b17-15-,22-18+. The molecule has 1 aliphatic heterocycles. The van der Waals surface area contributed by atoms with Crippen molar-refractivity contribution in [3.05, 3.63) is 35.2 Å². The van der Waals surface area contributed by atoms with Crippen LogP contribution in [0.1, 0.15) is 32.0 Å². The Kier molecular flexibility index (Phi) is 6.57. The van der Waals surface area contributed by atoms with E-state index >= 15 is 0 Å². The summed E-state index contributed by atoms with van der Waals surface area (Å²) in [6.45, 7) is 7.03. The summed E-state index contributed by atoms with van der Waals surface area (Å²) < 4.78 is 0. The zero-order chi connectivity index (χ0) is 19.3. The van der Waals surface area contributed by atoms with Crippen molar-refractivity contribution in [2.45, 2.75) is 26.2 Å². The average molecular weight is 372 g/mol. The van der Waals surface area contributed by atoms with Crippen LogP contribution in [0, 0.1) is 17.2 Å².